The molecular formula is C22H13ClN4O4S. The molecule has 2 aromatic carbocycles. The highest BCUT2D eigenvalue weighted by Crippen LogP contribution is 2.45. The summed E-state index contributed by atoms with van der Waals surface area (Å²) >= 11 is 7.41. The van der Waals surface area contributed by atoms with Crippen LogP contribution in [-0.2, 0) is 4.79 Å². The summed E-state index contributed by atoms with van der Waals surface area (Å²) in [5.41, 5.74) is 6.91. The molecule has 2 heterocycles. The lowest BCUT2D eigenvalue weighted by molar-refractivity contribution is -0.384. The molecule has 1 aliphatic heterocycles. The van der Waals surface area contributed by atoms with E-state index in [1.165, 1.54) is 30.0 Å². The Morgan fingerprint density at radius 2 is 1.88 bits per heavy atom. The molecule has 0 aliphatic carbocycles. The Labute approximate surface area is 191 Å². The molecular weight excluding hydrogens is 452 g/mol. The van der Waals surface area contributed by atoms with Gasteiger partial charge in [-0.3, -0.25) is 19.8 Å². The highest BCUT2D eigenvalue weighted by Gasteiger charge is 2.31. The topological polar surface area (TPSA) is 126 Å². The number of amides is 1. The number of furan rings is 1. The van der Waals surface area contributed by atoms with Crippen LogP contribution in [0, 0.1) is 21.4 Å². The first-order chi connectivity index (χ1) is 15.4. The molecule has 0 saturated carbocycles. The molecule has 0 radical (unpaired) electrons. The summed E-state index contributed by atoms with van der Waals surface area (Å²) in [6.07, 6.45) is 0. The van der Waals surface area contributed by atoms with Crippen molar-refractivity contribution in [1.29, 1.82) is 5.26 Å². The number of nitro benzene ring substituents is 1. The number of hydrogen-bond donors (Lipinski definition) is 1. The smallest absolute Gasteiger partial charge is 0.270 e. The Morgan fingerprint density at radius 3 is 2.50 bits per heavy atom. The van der Waals surface area contributed by atoms with Gasteiger partial charge in [0.25, 0.3) is 11.6 Å². The van der Waals surface area contributed by atoms with Crippen molar-refractivity contribution in [2.75, 3.05) is 4.90 Å². The van der Waals surface area contributed by atoms with E-state index in [1.807, 2.05) is 36.4 Å². The number of nitrogens with zero attached hydrogens (tertiary/aromatic N) is 3. The summed E-state index contributed by atoms with van der Waals surface area (Å²) in [6.45, 7) is 0. The van der Waals surface area contributed by atoms with Crippen LogP contribution < -0.4 is 10.6 Å². The zero-order valence-electron chi connectivity index (χ0n) is 16.2. The number of halogens is 1. The molecule has 0 bridgehead atoms. The van der Waals surface area contributed by atoms with Gasteiger partial charge < -0.3 is 10.2 Å². The number of para-hydroxylation sites is 1. The number of non-ortho nitro benzene ring substituents is 1. The summed E-state index contributed by atoms with van der Waals surface area (Å²) in [5, 5.41) is 22.7. The Morgan fingerprint density at radius 1 is 1.16 bits per heavy atom. The molecule has 4 rings (SSSR count). The second-order valence-corrected chi connectivity index (χ2v) is 7.80. The maximum Gasteiger partial charge on any atom is 0.270 e. The summed E-state index contributed by atoms with van der Waals surface area (Å²) in [7, 11) is 0. The van der Waals surface area contributed by atoms with Gasteiger partial charge in [0, 0.05) is 28.8 Å². The van der Waals surface area contributed by atoms with Crippen LogP contribution in [0.15, 0.2) is 81.1 Å². The predicted octanol–water partition coefficient (Wildman–Crippen LogP) is 5.28. The van der Waals surface area contributed by atoms with Gasteiger partial charge in [-0.1, -0.05) is 41.6 Å². The molecule has 158 valence electrons. The summed E-state index contributed by atoms with van der Waals surface area (Å²) in [6, 6.07) is 18.6. The highest BCUT2D eigenvalue weighted by atomic mass is 35.5. The van der Waals surface area contributed by atoms with E-state index in [2.05, 4.69) is 0 Å². The molecule has 3 aromatic rings. The molecule has 0 atom stereocenters. The predicted molar refractivity (Wildman–Crippen MR) is 122 cm³/mol. The maximum atomic E-state index is 11.8. The fourth-order valence-electron chi connectivity index (χ4n) is 3.14. The third kappa shape index (κ3) is 3.85. The highest BCUT2D eigenvalue weighted by molar-refractivity contribution is 8.06. The number of benzene rings is 2. The second kappa shape index (κ2) is 8.63. The average molecular weight is 465 g/mol. The number of nitriles is 1. The Hall–Kier alpha value is -4.00. The van der Waals surface area contributed by atoms with Crippen molar-refractivity contribution in [2.24, 2.45) is 5.73 Å². The van der Waals surface area contributed by atoms with Crippen LogP contribution in [-0.4, -0.2) is 10.8 Å². The lowest BCUT2D eigenvalue weighted by Gasteiger charge is -2.23. The van der Waals surface area contributed by atoms with Gasteiger partial charge in [0.2, 0.25) is 0 Å². The molecule has 1 amide bonds. The summed E-state index contributed by atoms with van der Waals surface area (Å²) in [5.74, 6) is 0.0255. The van der Waals surface area contributed by atoms with Crippen molar-refractivity contribution in [3.63, 3.8) is 0 Å². The van der Waals surface area contributed by atoms with E-state index in [0.29, 0.717) is 33.5 Å². The van der Waals surface area contributed by atoms with Crippen LogP contribution in [0.4, 0.5) is 11.4 Å². The molecule has 0 spiro atoms. The zero-order chi connectivity index (χ0) is 22.8. The van der Waals surface area contributed by atoms with Crippen LogP contribution in [0.1, 0.15) is 5.76 Å². The van der Waals surface area contributed by atoms with Crippen molar-refractivity contribution in [2.45, 2.75) is 0 Å². The average Bonchev–Trinajstić information content (AvgIpc) is 3.42. The van der Waals surface area contributed by atoms with E-state index in [-0.39, 0.29) is 16.3 Å². The van der Waals surface area contributed by atoms with E-state index in [9.17, 15) is 20.2 Å². The lowest BCUT2D eigenvalue weighted by Crippen LogP contribution is -2.22. The minimum Gasteiger partial charge on any atom is -0.454 e. The maximum absolute atomic E-state index is 11.8. The van der Waals surface area contributed by atoms with E-state index in [4.69, 9.17) is 21.8 Å². The van der Waals surface area contributed by atoms with Gasteiger partial charge >= 0.3 is 0 Å². The molecule has 1 aromatic heterocycles. The van der Waals surface area contributed by atoms with Crippen LogP contribution in [0.2, 0.25) is 5.02 Å². The number of rotatable bonds is 5. The van der Waals surface area contributed by atoms with Crippen molar-refractivity contribution in [3.8, 4) is 17.4 Å². The number of nitrogens with two attached hydrogens (primary N) is 1. The van der Waals surface area contributed by atoms with E-state index in [1.54, 1.807) is 22.4 Å². The van der Waals surface area contributed by atoms with Crippen molar-refractivity contribution < 1.29 is 14.1 Å². The van der Waals surface area contributed by atoms with Crippen LogP contribution in [0.25, 0.3) is 17.0 Å². The van der Waals surface area contributed by atoms with Gasteiger partial charge in [-0.05, 0) is 30.3 Å². The number of thioether (sulfide) groups is 1. The second-order valence-electron chi connectivity index (χ2n) is 6.53. The quantitative estimate of drug-likeness (QED) is 0.235. The van der Waals surface area contributed by atoms with Gasteiger partial charge in [-0.2, -0.15) is 5.26 Å². The minimum absolute atomic E-state index is 0.124. The third-order valence-corrected chi connectivity index (χ3v) is 5.86. The fourth-order valence-corrected chi connectivity index (χ4v) is 4.43. The Balaban J connectivity index is 1.77. The first-order valence-electron chi connectivity index (χ1n) is 9.11. The minimum atomic E-state index is -0.830. The number of carbonyl (C=O) groups is 1. The molecule has 1 aliphatic rings. The standard InChI is InChI=1S/C22H13ClN4O4S/c23-17-10-14(27(29)30)6-7-15(17)19-8-9-20(31-19)18-12-32-22(16(11-24)21(25)28)26(18)13-4-2-1-3-5-13/h1-10,12H,(H2,25,28)/b22-16+. The van der Waals surface area contributed by atoms with Crippen LogP contribution in [0.5, 0.6) is 0 Å². The molecule has 32 heavy (non-hydrogen) atoms. The lowest BCUT2D eigenvalue weighted by atomic mass is 10.1. The van der Waals surface area contributed by atoms with Crippen LogP contribution in [0.3, 0.4) is 0 Å². The van der Waals surface area contributed by atoms with Crippen molar-refractivity contribution in [1.82, 2.24) is 0 Å². The van der Waals surface area contributed by atoms with Gasteiger partial charge in [0.15, 0.2) is 5.76 Å². The molecule has 2 N–H and O–H groups in total. The number of carbonyl (C=O) groups excluding carboxylic acids is 1. The Kier molecular flexibility index (Phi) is 5.73. The van der Waals surface area contributed by atoms with Gasteiger partial charge in [-0.15, -0.1) is 0 Å². The van der Waals surface area contributed by atoms with Gasteiger partial charge in [0.1, 0.15) is 22.4 Å². The fraction of sp³-hybridized carbons (Fsp3) is 0. The first kappa shape index (κ1) is 21.2. The zero-order valence-corrected chi connectivity index (χ0v) is 17.8. The van der Waals surface area contributed by atoms with E-state index >= 15 is 0 Å². The van der Waals surface area contributed by atoms with Crippen molar-refractivity contribution >= 4 is 46.3 Å². The normalized spacial score (nSPS) is 14.6. The van der Waals surface area contributed by atoms with Gasteiger partial charge in [-0.25, -0.2) is 0 Å². The monoisotopic (exact) mass is 464 g/mol. The SMILES string of the molecule is N#C/C(C(N)=O)=C1\SC=C(c2ccc(-c3ccc([N+](=O)[O-])cc3Cl)o2)N1c1ccccc1. The first-order valence-corrected chi connectivity index (χ1v) is 10.4. The van der Waals surface area contributed by atoms with Crippen molar-refractivity contribution in [3.05, 3.63) is 97.6 Å². The molecule has 0 saturated heterocycles. The van der Waals surface area contributed by atoms with E-state index in [0.717, 1.165) is 0 Å². The number of nitro groups is 1. The largest absolute Gasteiger partial charge is 0.454 e. The molecule has 8 nitrogen and oxygen atoms in total. The summed E-state index contributed by atoms with van der Waals surface area (Å²) in [4.78, 5) is 24.0. The molecule has 10 heteroatoms. The number of primary amides is 1. The Bertz CT molecular complexity index is 1340. The van der Waals surface area contributed by atoms with Gasteiger partial charge in [0.05, 0.1) is 15.6 Å². The van der Waals surface area contributed by atoms with E-state index < -0.39 is 10.8 Å². The van der Waals surface area contributed by atoms with Crippen LogP contribution >= 0.6 is 23.4 Å². The number of hydrogen-bond acceptors (Lipinski definition) is 7. The summed E-state index contributed by atoms with van der Waals surface area (Å²) < 4.78 is 6.01. The number of anilines is 1. The molecule has 0 unspecified atom stereocenters. The molecule has 0 fully saturated rings. The third-order valence-electron chi connectivity index (χ3n) is 4.60.